The molecule has 3 aromatic carbocycles. The van der Waals surface area contributed by atoms with E-state index in [2.05, 4.69) is 5.32 Å². The monoisotopic (exact) mass is 572 g/mol. The first-order chi connectivity index (χ1) is 18.4. The molecule has 0 heterocycles. The fraction of sp³-hybridized carbons (Fsp3) is 0.333. The van der Waals surface area contributed by atoms with E-state index in [1.165, 1.54) is 17.8 Å². The van der Waals surface area contributed by atoms with E-state index in [0.29, 0.717) is 22.0 Å². The molecule has 1 fully saturated rings. The zero-order valence-corrected chi connectivity index (χ0v) is 23.4. The van der Waals surface area contributed by atoms with Gasteiger partial charge in [0.25, 0.3) is 0 Å². The van der Waals surface area contributed by atoms with Crippen molar-refractivity contribution in [1.82, 2.24) is 10.2 Å². The Hall–Kier alpha value is -2.54. The minimum absolute atomic E-state index is 0.0666. The van der Waals surface area contributed by atoms with Crippen LogP contribution in [0.15, 0.2) is 72.8 Å². The quantitative estimate of drug-likeness (QED) is 0.267. The van der Waals surface area contributed by atoms with Crippen molar-refractivity contribution in [2.75, 3.05) is 5.75 Å². The smallest absolute Gasteiger partial charge is 0.243 e. The van der Waals surface area contributed by atoms with Crippen LogP contribution in [0.3, 0.4) is 0 Å². The molecule has 0 saturated heterocycles. The van der Waals surface area contributed by atoms with Gasteiger partial charge >= 0.3 is 0 Å². The Morgan fingerprint density at radius 2 is 1.63 bits per heavy atom. The van der Waals surface area contributed by atoms with Crippen LogP contribution in [0.5, 0.6) is 0 Å². The van der Waals surface area contributed by atoms with Crippen molar-refractivity contribution >= 4 is 46.8 Å². The standard InChI is InChI=1S/C30H31Cl2FN2O2S/c31-25-14-7-4-11-22(25)18-35(29(36)20-38-19-24-26(32)15-8-16-27(24)33)28(17-21-9-2-1-3-10-21)30(37)34-23-12-5-6-13-23/h1-4,7-11,14-16,23,28H,5-6,12-13,17-20H2,(H,34,37)/t28-/m0/s1. The number of rotatable bonds is 11. The minimum Gasteiger partial charge on any atom is -0.352 e. The molecule has 1 aliphatic rings. The summed E-state index contributed by atoms with van der Waals surface area (Å²) in [7, 11) is 0. The van der Waals surface area contributed by atoms with Crippen molar-refractivity contribution in [3.8, 4) is 0 Å². The molecule has 1 atom stereocenters. The molecule has 0 aromatic heterocycles. The Kier molecular flexibility index (Phi) is 10.5. The van der Waals surface area contributed by atoms with Crippen LogP contribution in [0.4, 0.5) is 4.39 Å². The third-order valence-corrected chi connectivity index (χ3v) is 8.47. The average molecular weight is 574 g/mol. The molecule has 38 heavy (non-hydrogen) atoms. The second kappa shape index (κ2) is 14.0. The molecular formula is C30H31Cl2FN2O2S. The van der Waals surface area contributed by atoms with Gasteiger partial charge in [-0.1, -0.05) is 90.6 Å². The van der Waals surface area contributed by atoms with Crippen LogP contribution in [0.25, 0.3) is 0 Å². The summed E-state index contributed by atoms with van der Waals surface area (Å²) in [5, 5.41) is 4.05. The first kappa shape index (κ1) is 28.5. The van der Waals surface area contributed by atoms with Crippen molar-refractivity contribution in [3.05, 3.63) is 105 Å². The van der Waals surface area contributed by atoms with Crippen LogP contribution < -0.4 is 5.32 Å². The van der Waals surface area contributed by atoms with Crippen LogP contribution in [0.2, 0.25) is 10.0 Å². The normalized spacial score (nSPS) is 14.3. The Labute approximate surface area is 237 Å². The summed E-state index contributed by atoms with van der Waals surface area (Å²) >= 11 is 13.9. The number of carbonyl (C=O) groups excluding carboxylic acids is 2. The first-order valence-electron chi connectivity index (χ1n) is 12.8. The van der Waals surface area contributed by atoms with E-state index in [9.17, 15) is 14.0 Å². The zero-order chi connectivity index (χ0) is 26.9. The van der Waals surface area contributed by atoms with Gasteiger partial charge in [-0.2, -0.15) is 0 Å². The van der Waals surface area contributed by atoms with Crippen LogP contribution in [0, 0.1) is 5.82 Å². The van der Waals surface area contributed by atoms with Crippen molar-refractivity contribution in [2.24, 2.45) is 0 Å². The van der Waals surface area contributed by atoms with Gasteiger partial charge in [0, 0.05) is 40.4 Å². The lowest BCUT2D eigenvalue weighted by Gasteiger charge is -2.32. The number of carbonyl (C=O) groups is 2. The van der Waals surface area contributed by atoms with E-state index < -0.39 is 11.9 Å². The highest BCUT2D eigenvalue weighted by atomic mass is 35.5. The number of benzene rings is 3. The van der Waals surface area contributed by atoms with Gasteiger partial charge in [0.05, 0.1) is 5.75 Å². The van der Waals surface area contributed by atoms with Crippen LogP contribution in [-0.2, 0) is 28.3 Å². The maximum Gasteiger partial charge on any atom is 0.243 e. The first-order valence-corrected chi connectivity index (χ1v) is 14.7. The van der Waals surface area contributed by atoms with Gasteiger partial charge in [0.1, 0.15) is 11.9 Å². The van der Waals surface area contributed by atoms with Crippen molar-refractivity contribution in [2.45, 2.75) is 56.5 Å². The third kappa shape index (κ3) is 7.75. The number of halogens is 3. The fourth-order valence-electron chi connectivity index (χ4n) is 4.73. The number of amides is 2. The molecule has 8 heteroatoms. The van der Waals surface area contributed by atoms with Gasteiger partial charge in [0.2, 0.25) is 11.8 Å². The molecule has 0 bridgehead atoms. The summed E-state index contributed by atoms with van der Waals surface area (Å²) < 4.78 is 14.3. The topological polar surface area (TPSA) is 49.4 Å². The second-order valence-corrected chi connectivity index (χ2v) is 11.3. The Bertz CT molecular complexity index is 1220. The van der Waals surface area contributed by atoms with E-state index in [1.54, 1.807) is 23.1 Å². The summed E-state index contributed by atoms with van der Waals surface area (Å²) in [4.78, 5) is 29.1. The molecule has 2 amide bonds. The highest BCUT2D eigenvalue weighted by molar-refractivity contribution is 7.99. The largest absolute Gasteiger partial charge is 0.352 e. The zero-order valence-electron chi connectivity index (χ0n) is 21.0. The van der Waals surface area contributed by atoms with Crippen molar-refractivity contribution in [3.63, 3.8) is 0 Å². The number of hydrogen-bond acceptors (Lipinski definition) is 3. The summed E-state index contributed by atoms with van der Waals surface area (Å²) in [5.74, 6) is -0.470. The molecule has 1 aliphatic carbocycles. The van der Waals surface area contributed by atoms with Crippen LogP contribution in [-0.4, -0.2) is 34.6 Å². The molecule has 0 unspecified atom stereocenters. The summed E-state index contributed by atoms with van der Waals surface area (Å²) in [6.07, 6.45) is 4.44. The number of nitrogens with zero attached hydrogens (tertiary/aromatic N) is 1. The van der Waals surface area contributed by atoms with Gasteiger partial charge in [0.15, 0.2) is 0 Å². The predicted octanol–water partition coefficient (Wildman–Crippen LogP) is 7.06. The third-order valence-electron chi connectivity index (χ3n) is 6.80. The lowest BCUT2D eigenvalue weighted by atomic mass is 10.0. The number of nitrogens with one attached hydrogen (secondary N) is 1. The molecule has 200 valence electrons. The Morgan fingerprint density at radius 3 is 2.34 bits per heavy atom. The van der Waals surface area contributed by atoms with E-state index in [1.807, 2.05) is 48.5 Å². The molecule has 4 rings (SSSR count). The van der Waals surface area contributed by atoms with Gasteiger partial charge in [-0.3, -0.25) is 9.59 Å². The molecule has 4 nitrogen and oxygen atoms in total. The number of hydrogen-bond donors (Lipinski definition) is 1. The second-order valence-electron chi connectivity index (χ2n) is 9.50. The molecule has 3 aromatic rings. The highest BCUT2D eigenvalue weighted by Crippen LogP contribution is 2.26. The maximum atomic E-state index is 14.3. The lowest BCUT2D eigenvalue weighted by Crippen LogP contribution is -2.52. The molecular weight excluding hydrogens is 542 g/mol. The highest BCUT2D eigenvalue weighted by Gasteiger charge is 2.32. The fourth-order valence-corrected chi connectivity index (χ4v) is 6.17. The van der Waals surface area contributed by atoms with Crippen molar-refractivity contribution < 1.29 is 14.0 Å². The van der Waals surface area contributed by atoms with E-state index in [4.69, 9.17) is 23.2 Å². The van der Waals surface area contributed by atoms with Crippen molar-refractivity contribution in [1.29, 1.82) is 0 Å². The average Bonchev–Trinajstić information content (AvgIpc) is 3.42. The number of thioether (sulfide) groups is 1. The van der Waals surface area contributed by atoms with Gasteiger partial charge in [-0.15, -0.1) is 11.8 Å². The van der Waals surface area contributed by atoms with Gasteiger partial charge in [-0.05, 0) is 42.2 Å². The SMILES string of the molecule is O=C(NC1CCCC1)[C@H](Cc1ccccc1)N(Cc1ccccc1Cl)C(=O)CSCc1c(F)cccc1Cl. The molecule has 0 spiro atoms. The van der Waals surface area contributed by atoms with Gasteiger partial charge in [-0.25, -0.2) is 4.39 Å². The lowest BCUT2D eigenvalue weighted by molar-refractivity contribution is -0.139. The predicted molar refractivity (Wildman–Crippen MR) is 154 cm³/mol. The van der Waals surface area contributed by atoms with Gasteiger partial charge < -0.3 is 10.2 Å². The molecule has 0 radical (unpaired) electrons. The molecule has 1 saturated carbocycles. The van der Waals surface area contributed by atoms with Crippen LogP contribution in [0.1, 0.15) is 42.4 Å². The summed E-state index contributed by atoms with van der Waals surface area (Å²) in [5.41, 5.74) is 2.09. The Balaban J connectivity index is 1.59. The van der Waals surface area contributed by atoms with Crippen LogP contribution >= 0.6 is 35.0 Å². The summed E-state index contributed by atoms with van der Waals surface area (Å²) in [6.45, 7) is 0.190. The molecule has 0 aliphatic heterocycles. The Morgan fingerprint density at radius 1 is 0.947 bits per heavy atom. The molecule has 1 N–H and O–H groups in total. The minimum atomic E-state index is -0.723. The maximum absolute atomic E-state index is 14.3. The summed E-state index contributed by atoms with van der Waals surface area (Å²) in [6, 6.07) is 21.0. The van der Waals surface area contributed by atoms with E-state index in [0.717, 1.165) is 36.8 Å². The van der Waals surface area contributed by atoms with E-state index in [-0.39, 0.29) is 35.9 Å². The van der Waals surface area contributed by atoms with E-state index >= 15 is 0 Å².